The molecule has 0 spiro atoms. The molecule has 220 valence electrons. The summed E-state index contributed by atoms with van der Waals surface area (Å²) in [7, 11) is 1.61. The Labute approximate surface area is 243 Å². The van der Waals surface area contributed by atoms with Gasteiger partial charge < -0.3 is 24.8 Å². The number of ether oxygens (including phenoxy) is 2. The zero-order valence-electron chi connectivity index (χ0n) is 22.9. The molecular weight excluding hydrogens is 553 g/mol. The Morgan fingerprint density at radius 1 is 1.24 bits per heavy atom. The zero-order valence-corrected chi connectivity index (χ0v) is 23.6. The smallest absolute Gasteiger partial charge is 0.412 e. The highest BCUT2D eigenvalue weighted by Gasteiger charge is 2.24. The molecule has 12 heteroatoms. The van der Waals surface area contributed by atoms with Gasteiger partial charge in [0.2, 0.25) is 5.91 Å². The van der Waals surface area contributed by atoms with Gasteiger partial charge in [0.1, 0.15) is 18.2 Å². The Morgan fingerprint density at radius 2 is 2.05 bits per heavy atom. The molecule has 1 aliphatic rings. The van der Waals surface area contributed by atoms with Crippen molar-refractivity contribution >= 4 is 40.2 Å². The number of aliphatic hydroxyl groups excluding tert-OH is 1. The number of nitrogens with zero attached hydrogens (tertiary/aromatic N) is 3. The van der Waals surface area contributed by atoms with E-state index in [1.807, 2.05) is 24.3 Å². The van der Waals surface area contributed by atoms with Gasteiger partial charge in [-0.1, -0.05) is 48.0 Å². The van der Waals surface area contributed by atoms with Gasteiger partial charge in [0, 0.05) is 50.7 Å². The first kappa shape index (κ1) is 30.6. The second kappa shape index (κ2) is 15.0. The van der Waals surface area contributed by atoms with E-state index in [4.69, 9.17) is 21.1 Å². The van der Waals surface area contributed by atoms with Gasteiger partial charge >= 0.3 is 6.09 Å². The Balaban J connectivity index is 1.35. The molecule has 3 aromatic rings. The number of halogens is 2. The van der Waals surface area contributed by atoms with Crippen molar-refractivity contribution in [3.63, 3.8) is 0 Å². The standard InChI is InChI=1S/C29H35ClFN5O5/c1-35(27(38)10-9-20-7-4-8-25(31)28(20)30)24(17-40-19-36-12-11-32-23(15-36)16-37)18-41-29(39)34-26-13-21-5-2-3-6-22(21)14-33-26/h2-8,13-14,23-24,32,37H,9-12,15-19H2,1H3,(H,33,34,39)/t23-,24+/m1/s1. The van der Waals surface area contributed by atoms with Crippen LogP contribution >= 0.6 is 11.6 Å². The predicted molar refractivity (Wildman–Crippen MR) is 154 cm³/mol. The van der Waals surface area contributed by atoms with Crippen LogP contribution in [-0.2, 0) is 20.7 Å². The van der Waals surface area contributed by atoms with Gasteiger partial charge in [0.15, 0.2) is 0 Å². The molecule has 1 aromatic heterocycles. The van der Waals surface area contributed by atoms with Gasteiger partial charge in [0.05, 0.1) is 31.0 Å². The number of rotatable bonds is 12. The fraction of sp³-hybridized carbons (Fsp3) is 0.414. The Bertz CT molecular complexity index is 1330. The molecule has 10 nitrogen and oxygen atoms in total. The van der Waals surface area contributed by atoms with Crippen LogP contribution in [-0.4, -0.2) is 97.2 Å². The normalized spacial score (nSPS) is 16.3. The van der Waals surface area contributed by atoms with Crippen molar-refractivity contribution in [2.75, 3.05) is 58.6 Å². The highest BCUT2D eigenvalue weighted by Crippen LogP contribution is 2.21. The molecule has 0 bridgehead atoms. The number of nitrogens with one attached hydrogen (secondary N) is 2. The number of aromatic nitrogens is 1. The number of aryl methyl sites for hydroxylation is 1. The molecule has 0 aliphatic carbocycles. The Hall–Kier alpha value is -3.35. The Kier molecular flexibility index (Phi) is 11.2. The molecule has 0 saturated carbocycles. The lowest BCUT2D eigenvalue weighted by atomic mass is 10.1. The number of hydrogen-bond acceptors (Lipinski definition) is 8. The fourth-order valence-corrected chi connectivity index (χ4v) is 4.77. The highest BCUT2D eigenvalue weighted by molar-refractivity contribution is 6.31. The summed E-state index contributed by atoms with van der Waals surface area (Å²) in [5, 5.41) is 17.2. The van der Waals surface area contributed by atoms with E-state index in [0.717, 1.165) is 23.9 Å². The highest BCUT2D eigenvalue weighted by atomic mass is 35.5. The maximum absolute atomic E-state index is 13.8. The lowest BCUT2D eigenvalue weighted by molar-refractivity contribution is -0.135. The molecule has 0 unspecified atom stereocenters. The minimum absolute atomic E-state index is 0.00217. The third-order valence-electron chi connectivity index (χ3n) is 6.99. The first-order chi connectivity index (χ1) is 19.8. The van der Waals surface area contributed by atoms with Crippen LogP contribution in [0.4, 0.5) is 15.0 Å². The number of fused-ring (bicyclic) bond motifs is 1. The van der Waals surface area contributed by atoms with Crippen LogP contribution in [0.5, 0.6) is 0 Å². The van der Waals surface area contributed by atoms with Crippen LogP contribution in [0.15, 0.2) is 54.7 Å². The van der Waals surface area contributed by atoms with E-state index in [0.29, 0.717) is 24.7 Å². The number of carbonyl (C=O) groups is 2. The van der Waals surface area contributed by atoms with Crippen molar-refractivity contribution in [1.82, 2.24) is 20.1 Å². The summed E-state index contributed by atoms with van der Waals surface area (Å²) in [4.78, 5) is 33.5. The number of carbonyl (C=O) groups excluding carboxylic acids is 2. The second-order valence-electron chi connectivity index (χ2n) is 9.92. The van der Waals surface area contributed by atoms with Crippen molar-refractivity contribution in [2.24, 2.45) is 0 Å². The summed E-state index contributed by atoms with van der Waals surface area (Å²) < 4.78 is 25.2. The van der Waals surface area contributed by atoms with Gasteiger partial charge in [-0.15, -0.1) is 0 Å². The molecule has 1 aliphatic heterocycles. The molecule has 0 radical (unpaired) electrons. The van der Waals surface area contributed by atoms with Crippen LogP contribution in [0.25, 0.3) is 10.8 Å². The molecule has 4 rings (SSSR count). The summed E-state index contributed by atoms with van der Waals surface area (Å²) in [5.74, 6) is -0.426. The molecule has 3 N–H and O–H groups in total. The molecule has 2 heterocycles. The van der Waals surface area contributed by atoms with E-state index in [1.165, 1.54) is 11.0 Å². The number of anilines is 1. The van der Waals surface area contributed by atoms with Crippen LogP contribution in [0, 0.1) is 5.82 Å². The van der Waals surface area contributed by atoms with E-state index < -0.39 is 18.0 Å². The monoisotopic (exact) mass is 587 g/mol. The minimum atomic E-state index is -0.710. The van der Waals surface area contributed by atoms with Gasteiger partial charge in [-0.25, -0.2) is 14.2 Å². The molecule has 2 amide bonds. The topological polar surface area (TPSA) is 116 Å². The number of pyridine rings is 1. The van der Waals surface area contributed by atoms with Gasteiger partial charge in [-0.3, -0.25) is 15.0 Å². The van der Waals surface area contributed by atoms with E-state index in [9.17, 15) is 19.1 Å². The fourth-order valence-electron chi connectivity index (χ4n) is 4.55. The summed E-state index contributed by atoms with van der Waals surface area (Å²) in [6.45, 7) is 2.42. The lowest BCUT2D eigenvalue weighted by Crippen LogP contribution is -2.53. The molecule has 2 aromatic carbocycles. The van der Waals surface area contributed by atoms with Crippen molar-refractivity contribution < 1.29 is 28.6 Å². The van der Waals surface area contributed by atoms with Crippen molar-refractivity contribution in [2.45, 2.75) is 24.9 Å². The maximum atomic E-state index is 13.8. The number of amides is 2. The third-order valence-corrected chi connectivity index (χ3v) is 7.42. The van der Waals surface area contributed by atoms with Crippen LogP contribution in [0.3, 0.4) is 0 Å². The van der Waals surface area contributed by atoms with E-state index in [-0.39, 0.29) is 49.6 Å². The van der Waals surface area contributed by atoms with Crippen molar-refractivity contribution in [1.29, 1.82) is 0 Å². The van der Waals surface area contributed by atoms with Crippen molar-refractivity contribution in [3.05, 3.63) is 71.1 Å². The summed E-state index contributed by atoms with van der Waals surface area (Å²) in [6, 6.07) is 13.3. The molecule has 1 fully saturated rings. The van der Waals surface area contributed by atoms with Gasteiger partial charge in [0.25, 0.3) is 0 Å². The average molecular weight is 588 g/mol. The quantitative estimate of drug-likeness (QED) is 0.296. The zero-order chi connectivity index (χ0) is 29.2. The first-order valence-corrected chi connectivity index (χ1v) is 13.8. The van der Waals surface area contributed by atoms with Crippen molar-refractivity contribution in [3.8, 4) is 0 Å². The number of likely N-dealkylation sites (N-methyl/N-ethyl adjacent to an activating group) is 1. The summed E-state index contributed by atoms with van der Waals surface area (Å²) >= 11 is 6.05. The molecule has 2 atom stereocenters. The number of benzene rings is 2. The number of aliphatic hydroxyl groups is 1. The second-order valence-corrected chi connectivity index (χ2v) is 10.3. The molecule has 1 saturated heterocycles. The van der Waals surface area contributed by atoms with Crippen LogP contribution < -0.4 is 10.6 Å². The molecule has 41 heavy (non-hydrogen) atoms. The SMILES string of the molecule is CN(C(=O)CCc1cccc(F)c1Cl)[C@@H](COCN1CCN[C@@H](CO)C1)COC(=O)Nc1cc2ccccc2cn1. The van der Waals surface area contributed by atoms with E-state index >= 15 is 0 Å². The van der Waals surface area contributed by atoms with Gasteiger partial charge in [-0.05, 0) is 29.5 Å². The number of hydrogen-bond donors (Lipinski definition) is 3. The summed E-state index contributed by atoms with van der Waals surface area (Å²) in [6.07, 6.45) is 1.29. The minimum Gasteiger partial charge on any atom is -0.447 e. The third kappa shape index (κ3) is 8.82. The average Bonchev–Trinajstić information content (AvgIpc) is 2.99. The van der Waals surface area contributed by atoms with Crippen LogP contribution in [0.2, 0.25) is 5.02 Å². The largest absolute Gasteiger partial charge is 0.447 e. The van der Waals surface area contributed by atoms with E-state index in [2.05, 4.69) is 20.5 Å². The predicted octanol–water partition coefficient (Wildman–Crippen LogP) is 3.28. The lowest BCUT2D eigenvalue weighted by Gasteiger charge is -2.33. The summed E-state index contributed by atoms with van der Waals surface area (Å²) in [5.41, 5.74) is 0.539. The first-order valence-electron chi connectivity index (χ1n) is 13.5. The Morgan fingerprint density at radius 3 is 2.85 bits per heavy atom. The van der Waals surface area contributed by atoms with E-state index in [1.54, 1.807) is 31.4 Å². The van der Waals surface area contributed by atoms with Crippen LogP contribution in [0.1, 0.15) is 12.0 Å². The molecular formula is C29H35ClFN5O5. The number of piperazine rings is 1. The van der Waals surface area contributed by atoms with Gasteiger partial charge in [-0.2, -0.15) is 0 Å². The maximum Gasteiger partial charge on any atom is 0.412 e.